The van der Waals surface area contributed by atoms with Crippen molar-refractivity contribution in [1.29, 1.82) is 0 Å². The van der Waals surface area contributed by atoms with Crippen molar-refractivity contribution in [2.45, 2.75) is 53.0 Å². The van der Waals surface area contributed by atoms with Crippen molar-refractivity contribution in [2.75, 3.05) is 6.54 Å². The second kappa shape index (κ2) is 4.79. The summed E-state index contributed by atoms with van der Waals surface area (Å²) in [6.45, 7) is 11.1. The summed E-state index contributed by atoms with van der Waals surface area (Å²) in [5.41, 5.74) is 3.20. The van der Waals surface area contributed by atoms with E-state index in [1.807, 2.05) is 11.7 Å². The maximum atomic E-state index is 11.6. The Balaban J connectivity index is 2.65. The van der Waals surface area contributed by atoms with Crippen LogP contribution in [0.15, 0.2) is 0 Å². The predicted molar refractivity (Wildman–Crippen MR) is 77.9 cm³/mol. The zero-order chi connectivity index (χ0) is 15.2. The third kappa shape index (κ3) is 2.30. The summed E-state index contributed by atoms with van der Waals surface area (Å²) < 4.78 is 1.93. The van der Waals surface area contributed by atoms with Crippen molar-refractivity contribution < 1.29 is 9.90 Å². The molecule has 0 radical (unpaired) electrons. The van der Waals surface area contributed by atoms with Crippen LogP contribution >= 0.6 is 0 Å². The van der Waals surface area contributed by atoms with Gasteiger partial charge in [-0.3, -0.25) is 4.68 Å². The van der Waals surface area contributed by atoms with E-state index in [0.717, 1.165) is 17.7 Å². The number of amides is 1. The summed E-state index contributed by atoms with van der Waals surface area (Å²) in [6.07, 6.45) is -0.0983. The van der Waals surface area contributed by atoms with Crippen LogP contribution in [-0.2, 0) is 13.5 Å². The zero-order valence-corrected chi connectivity index (χ0v) is 13.3. The second-order valence-electron chi connectivity index (χ2n) is 7.02. The number of rotatable bonds is 1. The monoisotopic (exact) mass is 279 g/mol. The highest BCUT2D eigenvalue weighted by atomic mass is 16.4. The van der Waals surface area contributed by atoms with Gasteiger partial charge in [-0.25, -0.2) is 4.79 Å². The lowest BCUT2D eigenvalue weighted by atomic mass is 9.77. The zero-order valence-electron chi connectivity index (χ0n) is 13.3. The van der Waals surface area contributed by atoms with Crippen LogP contribution in [0, 0.1) is 5.41 Å². The van der Waals surface area contributed by atoms with E-state index < -0.39 is 6.09 Å². The van der Waals surface area contributed by atoms with E-state index in [2.05, 4.69) is 39.7 Å². The Labute approximate surface area is 120 Å². The van der Waals surface area contributed by atoms with Crippen LogP contribution in [0.1, 0.15) is 63.5 Å². The molecule has 0 aromatic carbocycles. The van der Waals surface area contributed by atoms with Gasteiger partial charge in [0.05, 0.1) is 11.7 Å². The van der Waals surface area contributed by atoms with Gasteiger partial charge in [-0.1, -0.05) is 34.6 Å². The number of nitrogens with zero attached hydrogens (tertiary/aromatic N) is 3. The molecule has 0 fully saturated rings. The summed E-state index contributed by atoms with van der Waals surface area (Å²) in [5.74, 6) is 0.295. The molecule has 5 nitrogen and oxygen atoms in total. The summed E-state index contributed by atoms with van der Waals surface area (Å²) in [7, 11) is 1.96. The van der Waals surface area contributed by atoms with Crippen molar-refractivity contribution in [1.82, 2.24) is 14.7 Å². The van der Waals surface area contributed by atoms with Gasteiger partial charge in [-0.2, -0.15) is 5.10 Å². The molecule has 1 aliphatic heterocycles. The van der Waals surface area contributed by atoms with E-state index in [0.29, 0.717) is 12.5 Å². The molecule has 0 saturated carbocycles. The molecule has 2 rings (SSSR count). The molecule has 1 atom stereocenters. The number of aromatic nitrogens is 2. The molecule has 1 amide bonds. The molecule has 0 aliphatic carbocycles. The van der Waals surface area contributed by atoms with Crippen LogP contribution in [0.3, 0.4) is 0 Å². The van der Waals surface area contributed by atoms with Crippen LogP contribution in [0.25, 0.3) is 0 Å². The van der Waals surface area contributed by atoms with Gasteiger partial charge in [0, 0.05) is 31.3 Å². The molecule has 20 heavy (non-hydrogen) atoms. The Morgan fingerprint density at radius 3 is 2.45 bits per heavy atom. The minimum Gasteiger partial charge on any atom is -0.465 e. The van der Waals surface area contributed by atoms with Gasteiger partial charge in [0.25, 0.3) is 0 Å². The number of hydrogen-bond acceptors (Lipinski definition) is 2. The van der Waals surface area contributed by atoms with Gasteiger partial charge < -0.3 is 10.0 Å². The van der Waals surface area contributed by atoms with E-state index in [9.17, 15) is 9.90 Å². The summed E-state index contributed by atoms with van der Waals surface area (Å²) in [6, 6.07) is -0.130. The van der Waals surface area contributed by atoms with E-state index in [1.165, 1.54) is 5.69 Å². The van der Waals surface area contributed by atoms with Gasteiger partial charge >= 0.3 is 6.09 Å². The molecule has 1 aromatic rings. The van der Waals surface area contributed by atoms with Crippen molar-refractivity contribution in [3.05, 3.63) is 17.0 Å². The quantitative estimate of drug-likeness (QED) is 0.859. The van der Waals surface area contributed by atoms with Gasteiger partial charge in [0.15, 0.2) is 0 Å². The Hall–Kier alpha value is -1.52. The minimum atomic E-state index is -0.839. The number of aryl methyl sites for hydroxylation is 1. The molecule has 112 valence electrons. The maximum Gasteiger partial charge on any atom is 0.407 e. The first kappa shape index (κ1) is 14.9. The topological polar surface area (TPSA) is 58.4 Å². The predicted octanol–water partition coefficient (Wildman–Crippen LogP) is 3.17. The van der Waals surface area contributed by atoms with Crippen LogP contribution in [0.4, 0.5) is 4.79 Å². The lowest BCUT2D eigenvalue weighted by molar-refractivity contribution is 0.0748. The summed E-state index contributed by atoms with van der Waals surface area (Å²) in [5, 5.41) is 14.2. The molecule has 5 heteroatoms. The van der Waals surface area contributed by atoms with E-state index in [1.54, 1.807) is 4.90 Å². The molecule has 1 N–H and O–H groups in total. The average Bonchev–Trinajstić information content (AvgIpc) is 2.64. The fraction of sp³-hybridized carbons (Fsp3) is 0.733. The molecule has 1 aromatic heterocycles. The normalized spacial score (nSPS) is 19.4. The molecular weight excluding hydrogens is 254 g/mol. The molecule has 2 heterocycles. The number of fused-ring (bicyclic) bond motifs is 1. The third-order valence-corrected chi connectivity index (χ3v) is 4.02. The first-order valence-corrected chi connectivity index (χ1v) is 7.19. The second-order valence-corrected chi connectivity index (χ2v) is 7.02. The molecule has 1 unspecified atom stereocenters. The summed E-state index contributed by atoms with van der Waals surface area (Å²) >= 11 is 0. The lowest BCUT2D eigenvalue weighted by Gasteiger charge is -2.42. The molecule has 1 aliphatic rings. The molecule has 0 saturated heterocycles. The number of carboxylic acid groups (broad SMARTS) is 1. The van der Waals surface area contributed by atoms with Crippen molar-refractivity contribution in [3.63, 3.8) is 0 Å². The van der Waals surface area contributed by atoms with Crippen molar-refractivity contribution in [3.8, 4) is 0 Å². The largest absolute Gasteiger partial charge is 0.465 e. The van der Waals surface area contributed by atoms with Crippen LogP contribution in [0.5, 0.6) is 0 Å². The first-order valence-electron chi connectivity index (χ1n) is 7.19. The highest BCUT2D eigenvalue weighted by Gasteiger charge is 2.42. The average molecular weight is 279 g/mol. The molecule has 0 spiro atoms. The standard InChI is InChI=1S/C15H25N3O2/c1-9(2)12-11-10(17(6)16-12)7-8-18(14(19)20)13(11)15(3,4)5/h9,13H,7-8H2,1-6H3,(H,19,20). The van der Waals surface area contributed by atoms with E-state index in [-0.39, 0.29) is 11.5 Å². The van der Waals surface area contributed by atoms with Gasteiger partial charge in [-0.05, 0) is 11.3 Å². The van der Waals surface area contributed by atoms with Gasteiger partial charge in [0.2, 0.25) is 0 Å². The Morgan fingerprint density at radius 2 is 2.00 bits per heavy atom. The Morgan fingerprint density at radius 1 is 1.40 bits per heavy atom. The van der Waals surface area contributed by atoms with Crippen molar-refractivity contribution in [2.24, 2.45) is 12.5 Å². The first-order chi connectivity index (χ1) is 9.14. The number of carbonyl (C=O) groups is 1. The smallest absolute Gasteiger partial charge is 0.407 e. The van der Waals surface area contributed by atoms with E-state index in [4.69, 9.17) is 0 Å². The third-order valence-electron chi connectivity index (χ3n) is 4.02. The summed E-state index contributed by atoms with van der Waals surface area (Å²) in [4.78, 5) is 13.2. The van der Waals surface area contributed by atoms with Crippen LogP contribution < -0.4 is 0 Å². The SMILES string of the molecule is CC(C)c1nn(C)c2c1C(C(C)(C)C)N(C(=O)O)CC2. The Bertz CT molecular complexity index is 526. The van der Waals surface area contributed by atoms with Gasteiger partial charge in [0.1, 0.15) is 0 Å². The highest BCUT2D eigenvalue weighted by Crippen LogP contribution is 2.44. The fourth-order valence-electron chi connectivity index (χ4n) is 3.24. The van der Waals surface area contributed by atoms with E-state index >= 15 is 0 Å². The minimum absolute atomic E-state index is 0.130. The fourth-order valence-corrected chi connectivity index (χ4v) is 3.24. The Kier molecular flexibility index (Phi) is 3.56. The molecular formula is C15H25N3O2. The lowest BCUT2D eigenvalue weighted by Crippen LogP contribution is -2.45. The highest BCUT2D eigenvalue weighted by molar-refractivity contribution is 5.67. The van der Waals surface area contributed by atoms with Crippen LogP contribution in [-0.4, -0.2) is 32.4 Å². The maximum absolute atomic E-state index is 11.6. The number of hydrogen-bond donors (Lipinski definition) is 1. The van der Waals surface area contributed by atoms with Crippen LogP contribution in [0.2, 0.25) is 0 Å². The molecule has 0 bridgehead atoms. The van der Waals surface area contributed by atoms with Crippen molar-refractivity contribution >= 4 is 6.09 Å². The van der Waals surface area contributed by atoms with Gasteiger partial charge in [-0.15, -0.1) is 0 Å².